The predicted molar refractivity (Wildman–Crippen MR) is 139 cm³/mol. The van der Waals surface area contributed by atoms with Crippen LogP contribution >= 0.6 is 12.2 Å². The lowest BCUT2D eigenvalue weighted by Gasteiger charge is -2.37. The van der Waals surface area contributed by atoms with E-state index in [2.05, 4.69) is 10.6 Å². The average Bonchev–Trinajstić information content (AvgIpc) is 2.84. The molecule has 1 heterocycles. The molecule has 0 aliphatic carbocycles. The van der Waals surface area contributed by atoms with E-state index in [0.29, 0.717) is 28.5 Å². The van der Waals surface area contributed by atoms with Gasteiger partial charge in [-0.15, -0.1) is 0 Å². The summed E-state index contributed by atoms with van der Waals surface area (Å²) in [6.07, 6.45) is 0. The molecule has 174 valence electrons. The van der Waals surface area contributed by atoms with Crippen LogP contribution in [0.25, 0.3) is 10.8 Å². The normalized spacial score (nSPS) is 15.8. The van der Waals surface area contributed by atoms with Crippen molar-refractivity contribution in [2.45, 2.75) is 26.8 Å². The highest BCUT2D eigenvalue weighted by atomic mass is 32.1. The summed E-state index contributed by atoms with van der Waals surface area (Å²) in [5.74, 6) is -0.546. The fraction of sp³-hybridized carbons (Fsp3) is 0.222. The van der Waals surface area contributed by atoms with Gasteiger partial charge in [0.2, 0.25) is 0 Å². The third-order valence-electron chi connectivity index (χ3n) is 5.94. The van der Waals surface area contributed by atoms with Crippen LogP contribution in [0.1, 0.15) is 42.7 Å². The van der Waals surface area contributed by atoms with Crippen LogP contribution in [-0.2, 0) is 9.53 Å². The van der Waals surface area contributed by atoms with Crippen LogP contribution in [0.5, 0.6) is 0 Å². The summed E-state index contributed by atoms with van der Waals surface area (Å²) in [7, 11) is 0. The van der Waals surface area contributed by atoms with Gasteiger partial charge in [-0.3, -0.25) is 4.79 Å². The Morgan fingerprint density at radius 3 is 2.44 bits per heavy atom. The van der Waals surface area contributed by atoms with Crippen LogP contribution in [0.15, 0.2) is 78.0 Å². The molecule has 0 radical (unpaired) electrons. The van der Waals surface area contributed by atoms with Crippen molar-refractivity contribution in [3.05, 3.63) is 89.1 Å². The largest absolute Gasteiger partial charge is 0.463 e. The van der Waals surface area contributed by atoms with Gasteiger partial charge in [-0.1, -0.05) is 48.5 Å². The molecule has 0 bridgehead atoms. The quantitative estimate of drug-likeness (QED) is 0.380. The van der Waals surface area contributed by atoms with Gasteiger partial charge >= 0.3 is 5.97 Å². The Balaban J connectivity index is 1.60. The lowest BCUT2D eigenvalue weighted by atomic mass is 9.94. The van der Waals surface area contributed by atoms with Crippen molar-refractivity contribution in [1.82, 2.24) is 10.2 Å². The zero-order valence-corrected chi connectivity index (χ0v) is 20.2. The highest BCUT2D eigenvalue weighted by Gasteiger charge is 2.34. The summed E-state index contributed by atoms with van der Waals surface area (Å²) in [5.41, 5.74) is 3.44. The van der Waals surface area contributed by atoms with E-state index in [-0.39, 0.29) is 18.5 Å². The number of amides is 1. The Labute approximate surface area is 204 Å². The number of ether oxygens (including phenoxy) is 1. The van der Waals surface area contributed by atoms with E-state index >= 15 is 0 Å². The number of allylic oxidation sites excluding steroid dienone is 1. The maximum atomic E-state index is 13.0. The molecule has 2 N–H and O–H groups in total. The van der Waals surface area contributed by atoms with E-state index in [4.69, 9.17) is 17.0 Å². The maximum absolute atomic E-state index is 13.0. The Morgan fingerprint density at radius 1 is 1.03 bits per heavy atom. The molecule has 0 saturated carbocycles. The van der Waals surface area contributed by atoms with Crippen molar-refractivity contribution in [1.29, 1.82) is 0 Å². The molecular formula is C27H27N3O3S. The smallest absolute Gasteiger partial charge is 0.338 e. The summed E-state index contributed by atoms with van der Waals surface area (Å²) in [5, 5.41) is 8.72. The number of nitrogens with one attached hydrogen (secondary N) is 2. The Morgan fingerprint density at radius 2 is 1.74 bits per heavy atom. The van der Waals surface area contributed by atoms with Crippen LogP contribution in [0, 0.1) is 0 Å². The molecule has 4 rings (SSSR count). The first-order valence-electron chi connectivity index (χ1n) is 11.3. The molecule has 3 aromatic carbocycles. The third-order valence-corrected chi connectivity index (χ3v) is 6.28. The van der Waals surface area contributed by atoms with Gasteiger partial charge in [0.05, 0.1) is 18.2 Å². The minimum Gasteiger partial charge on any atom is -0.463 e. The Hall–Kier alpha value is -3.71. The third kappa shape index (κ3) is 4.52. The van der Waals surface area contributed by atoms with E-state index in [0.717, 1.165) is 22.0 Å². The summed E-state index contributed by atoms with van der Waals surface area (Å²) < 4.78 is 5.33. The van der Waals surface area contributed by atoms with Gasteiger partial charge < -0.3 is 20.3 Å². The molecule has 1 aliphatic heterocycles. The van der Waals surface area contributed by atoms with Crippen LogP contribution in [-0.4, -0.2) is 35.0 Å². The molecule has 7 heteroatoms. The fourth-order valence-corrected chi connectivity index (χ4v) is 4.65. The fourth-order valence-electron chi connectivity index (χ4n) is 4.27. The van der Waals surface area contributed by atoms with Crippen molar-refractivity contribution in [3.63, 3.8) is 0 Å². The summed E-state index contributed by atoms with van der Waals surface area (Å²) in [6.45, 7) is 6.59. The van der Waals surface area contributed by atoms with Gasteiger partial charge in [0, 0.05) is 23.5 Å². The van der Waals surface area contributed by atoms with Crippen molar-refractivity contribution in [3.8, 4) is 0 Å². The first kappa shape index (κ1) is 23.4. The number of carbonyl (C=O) groups excluding carboxylic acids is 2. The summed E-state index contributed by atoms with van der Waals surface area (Å²) >= 11 is 5.53. The predicted octanol–water partition coefficient (Wildman–Crippen LogP) is 5.18. The summed E-state index contributed by atoms with van der Waals surface area (Å²) in [4.78, 5) is 27.6. The van der Waals surface area contributed by atoms with Crippen LogP contribution in [0.4, 0.5) is 5.69 Å². The van der Waals surface area contributed by atoms with Gasteiger partial charge in [0.15, 0.2) is 5.11 Å². The molecule has 0 spiro atoms. The molecule has 0 fully saturated rings. The lowest BCUT2D eigenvalue weighted by molar-refractivity contribution is -0.139. The van der Waals surface area contributed by atoms with Gasteiger partial charge in [0.25, 0.3) is 5.91 Å². The van der Waals surface area contributed by atoms with Crippen molar-refractivity contribution in [2.75, 3.05) is 18.5 Å². The van der Waals surface area contributed by atoms with Gasteiger partial charge in [-0.2, -0.15) is 0 Å². The minimum absolute atomic E-state index is 0.178. The van der Waals surface area contributed by atoms with E-state index in [9.17, 15) is 9.59 Å². The molecule has 3 aromatic rings. The summed E-state index contributed by atoms with van der Waals surface area (Å²) in [6, 6.07) is 20.5. The number of anilines is 1. The second-order valence-corrected chi connectivity index (χ2v) is 8.34. The number of fused-ring (bicyclic) bond motifs is 1. The molecule has 0 aromatic heterocycles. The number of esters is 1. The molecule has 34 heavy (non-hydrogen) atoms. The standard InChI is InChI=1S/C27H27N3O3S/c1-4-30-17(3)23(26(32)33-5-2)24(29-27(30)34)19-13-15-20(16-14-19)28-25(31)22-12-8-10-18-9-6-7-11-21(18)22/h6-16,24H,4-5H2,1-3H3,(H,28,31)(H,29,34). The van der Waals surface area contributed by atoms with Gasteiger partial charge in [-0.05, 0) is 67.5 Å². The number of carbonyl (C=O) groups is 2. The Kier molecular flexibility index (Phi) is 6.93. The second kappa shape index (κ2) is 10.1. The van der Waals surface area contributed by atoms with E-state index in [1.54, 1.807) is 6.92 Å². The highest BCUT2D eigenvalue weighted by Crippen LogP contribution is 2.32. The number of thiocarbonyl (C=S) groups is 1. The molecule has 1 amide bonds. The monoisotopic (exact) mass is 473 g/mol. The average molecular weight is 474 g/mol. The van der Waals surface area contributed by atoms with E-state index in [1.165, 1.54) is 0 Å². The highest BCUT2D eigenvalue weighted by molar-refractivity contribution is 7.80. The van der Waals surface area contributed by atoms with E-state index in [1.807, 2.05) is 85.5 Å². The zero-order chi connectivity index (χ0) is 24.2. The molecule has 1 aliphatic rings. The minimum atomic E-state index is -0.433. The number of benzene rings is 3. The molecule has 0 saturated heterocycles. The van der Waals surface area contributed by atoms with E-state index < -0.39 is 6.04 Å². The SMILES string of the molecule is CCOC(=O)C1=C(C)N(CC)C(=S)NC1c1ccc(NC(=O)c2cccc3ccccc23)cc1. The number of rotatable bonds is 6. The number of hydrogen-bond acceptors (Lipinski definition) is 4. The number of nitrogens with zero attached hydrogens (tertiary/aromatic N) is 1. The second-order valence-electron chi connectivity index (χ2n) is 7.95. The van der Waals surface area contributed by atoms with Crippen LogP contribution in [0.3, 0.4) is 0 Å². The molecule has 1 unspecified atom stereocenters. The maximum Gasteiger partial charge on any atom is 0.338 e. The first-order valence-corrected chi connectivity index (χ1v) is 11.7. The first-order chi connectivity index (χ1) is 16.4. The van der Waals surface area contributed by atoms with Crippen molar-refractivity contribution < 1.29 is 14.3 Å². The van der Waals surface area contributed by atoms with Crippen LogP contribution in [0.2, 0.25) is 0 Å². The topological polar surface area (TPSA) is 70.7 Å². The number of hydrogen-bond donors (Lipinski definition) is 2. The van der Waals surface area contributed by atoms with Crippen LogP contribution < -0.4 is 10.6 Å². The van der Waals surface area contributed by atoms with Crippen molar-refractivity contribution in [2.24, 2.45) is 0 Å². The van der Waals surface area contributed by atoms with Gasteiger partial charge in [0.1, 0.15) is 0 Å². The Bertz CT molecular complexity index is 1280. The molecular weight excluding hydrogens is 446 g/mol. The lowest BCUT2D eigenvalue weighted by Crippen LogP contribution is -2.47. The van der Waals surface area contributed by atoms with Gasteiger partial charge in [-0.25, -0.2) is 4.79 Å². The molecule has 6 nitrogen and oxygen atoms in total. The zero-order valence-electron chi connectivity index (χ0n) is 19.4. The molecule has 1 atom stereocenters. The van der Waals surface area contributed by atoms with Crippen molar-refractivity contribution >= 4 is 45.7 Å².